The minimum Gasteiger partial charge on any atom is -0.461 e. The van der Waals surface area contributed by atoms with E-state index in [9.17, 15) is 4.79 Å². The van der Waals surface area contributed by atoms with Gasteiger partial charge in [-0.3, -0.25) is 0 Å². The van der Waals surface area contributed by atoms with Gasteiger partial charge in [0.1, 0.15) is 0 Å². The Labute approximate surface area is 86.4 Å². The summed E-state index contributed by atoms with van der Waals surface area (Å²) >= 11 is 0. The van der Waals surface area contributed by atoms with Gasteiger partial charge in [0, 0.05) is 0 Å². The molecule has 0 aliphatic carbocycles. The first kappa shape index (κ1) is 12.8. The maximum atomic E-state index is 11.1. The third-order valence-corrected chi connectivity index (χ3v) is 1.41. The molecule has 0 atom stereocenters. The molecule has 9 nitrogen and oxygen atoms in total. The molecule has 0 heterocycles. The second-order valence-corrected chi connectivity index (χ2v) is 2.38. The van der Waals surface area contributed by atoms with E-state index in [1.807, 2.05) is 0 Å². The number of guanidine groups is 1. The van der Waals surface area contributed by atoms with Crippen LogP contribution in [0, 0.1) is 0 Å². The fourth-order valence-corrected chi connectivity index (χ4v) is 0.629. The molecule has 0 aliphatic heterocycles. The molecule has 0 spiro atoms. The lowest BCUT2D eigenvalue weighted by molar-refractivity contribution is -0.138. The van der Waals surface area contributed by atoms with Crippen molar-refractivity contribution < 1.29 is 9.53 Å². The fourth-order valence-electron chi connectivity index (χ4n) is 0.629. The Morgan fingerprint density at radius 2 is 1.93 bits per heavy atom. The number of hydrazine groups is 1. The Hall–Kier alpha value is -2.16. The lowest BCUT2D eigenvalue weighted by atomic mass is 10.4. The van der Waals surface area contributed by atoms with Crippen molar-refractivity contribution in [2.45, 2.75) is 6.92 Å². The predicted molar refractivity (Wildman–Crippen MR) is 53.9 cm³/mol. The van der Waals surface area contributed by atoms with Crippen molar-refractivity contribution in [2.75, 3.05) is 6.61 Å². The van der Waals surface area contributed by atoms with E-state index in [2.05, 4.69) is 9.84 Å². The largest absolute Gasteiger partial charge is 0.461 e. The molecule has 0 fully saturated rings. The molecule has 10 N–H and O–H groups in total. The van der Waals surface area contributed by atoms with E-state index in [0.717, 1.165) is 0 Å². The zero-order valence-corrected chi connectivity index (χ0v) is 8.30. The highest BCUT2D eigenvalue weighted by molar-refractivity contribution is 5.89. The van der Waals surface area contributed by atoms with Crippen LogP contribution in [0.3, 0.4) is 0 Å². The Balaban J connectivity index is 4.85. The topological polar surface area (TPSA) is 172 Å². The van der Waals surface area contributed by atoms with Gasteiger partial charge in [-0.1, -0.05) is 0 Å². The molecule has 0 rings (SSSR count). The summed E-state index contributed by atoms with van der Waals surface area (Å²) in [6, 6.07) is 0. The molecule has 0 aromatic rings. The Morgan fingerprint density at radius 3 is 2.33 bits per heavy atom. The van der Waals surface area contributed by atoms with E-state index in [1.54, 1.807) is 6.92 Å². The second-order valence-electron chi connectivity index (χ2n) is 2.38. The summed E-state index contributed by atoms with van der Waals surface area (Å²) in [4.78, 5) is 11.1. The molecule has 0 radical (unpaired) electrons. The highest BCUT2D eigenvalue weighted by Gasteiger charge is 2.16. The zero-order valence-electron chi connectivity index (χ0n) is 8.30. The number of esters is 1. The first-order valence-electron chi connectivity index (χ1n) is 3.96. The van der Waals surface area contributed by atoms with Crippen LogP contribution in [0.15, 0.2) is 16.6 Å². The van der Waals surface area contributed by atoms with Crippen LogP contribution in [0.2, 0.25) is 0 Å². The van der Waals surface area contributed by atoms with E-state index in [4.69, 9.17) is 28.9 Å². The number of ether oxygens (including phenoxy) is 1. The van der Waals surface area contributed by atoms with E-state index in [-0.39, 0.29) is 24.1 Å². The maximum absolute atomic E-state index is 11.1. The van der Waals surface area contributed by atoms with Gasteiger partial charge >= 0.3 is 5.97 Å². The van der Waals surface area contributed by atoms with Gasteiger partial charge in [0.2, 0.25) is 5.96 Å². The normalized spacial score (nSPS) is 13.1. The third kappa shape index (κ3) is 3.23. The van der Waals surface area contributed by atoms with Gasteiger partial charge in [-0.15, -0.1) is 5.10 Å². The minimum absolute atomic E-state index is 0.165. The van der Waals surface area contributed by atoms with Crippen LogP contribution in [0.4, 0.5) is 0 Å². The maximum Gasteiger partial charge on any atom is 0.358 e. The molecule has 0 bridgehead atoms. The van der Waals surface area contributed by atoms with Crippen molar-refractivity contribution in [1.82, 2.24) is 5.01 Å². The van der Waals surface area contributed by atoms with Crippen LogP contribution in [0.25, 0.3) is 0 Å². The summed E-state index contributed by atoms with van der Waals surface area (Å²) in [7, 11) is 0. The second kappa shape index (κ2) is 5.54. The molecule has 0 aromatic carbocycles. The van der Waals surface area contributed by atoms with E-state index >= 15 is 0 Å². The lowest BCUT2D eigenvalue weighted by Gasteiger charge is -2.17. The zero-order chi connectivity index (χ0) is 12.0. The number of hydrogen-bond donors (Lipinski definition) is 5. The van der Waals surface area contributed by atoms with Gasteiger partial charge in [0.25, 0.3) is 0 Å². The molecular formula is C6H15N7O2. The number of carbonyl (C=O) groups is 1. The van der Waals surface area contributed by atoms with Gasteiger partial charge < -0.3 is 27.8 Å². The van der Waals surface area contributed by atoms with Gasteiger partial charge in [0.05, 0.1) is 6.61 Å². The quantitative estimate of drug-likeness (QED) is 0.0830. The van der Waals surface area contributed by atoms with Crippen LogP contribution in [-0.2, 0) is 9.53 Å². The van der Waals surface area contributed by atoms with Crippen molar-refractivity contribution in [3.05, 3.63) is 11.5 Å². The van der Waals surface area contributed by atoms with Crippen LogP contribution < -0.4 is 28.9 Å². The summed E-state index contributed by atoms with van der Waals surface area (Å²) in [5.41, 5.74) is 15.6. The fraction of sp³-hybridized carbons (Fsp3) is 0.333. The van der Waals surface area contributed by atoms with E-state index in [1.165, 1.54) is 0 Å². The Bertz CT molecular complexity index is 298. The van der Waals surface area contributed by atoms with E-state index < -0.39 is 5.97 Å². The molecule has 0 saturated carbocycles. The van der Waals surface area contributed by atoms with Crippen molar-refractivity contribution in [2.24, 2.45) is 34.0 Å². The van der Waals surface area contributed by atoms with Crippen molar-refractivity contribution >= 4 is 11.9 Å². The number of hydrogen-bond acceptors (Lipinski definition) is 7. The van der Waals surface area contributed by atoms with Crippen LogP contribution in [0.5, 0.6) is 0 Å². The lowest BCUT2D eigenvalue weighted by Crippen LogP contribution is -2.47. The summed E-state index contributed by atoms with van der Waals surface area (Å²) in [6.45, 7) is 1.79. The average molecular weight is 217 g/mol. The Kier molecular flexibility index (Phi) is 4.75. The molecule has 0 amide bonds. The van der Waals surface area contributed by atoms with Gasteiger partial charge in [-0.2, -0.15) is 0 Å². The summed E-state index contributed by atoms with van der Waals surface area (Å²) in [6.07, 6.45) is 0. The summed E-state index contributed by atoms with van der Waals surface area (Å²) in [5, 5.41) is 3.74. The number of hydrazone groups is 1. The standard InChI is InChI=1S/C6H15N7O2/c1-2-15-5(14)3(7)4(8)13(11)6(9)12-10/h2,7-8,10-11H2,1H3,(H2,9,12)/b4-3-. The smallest absolute Gasteiger partial charge is 0.358 e. The van der Waals surface area contributed by atoms with Crippen molar-refractivity contribution in [3.8, 4) is 0 Å². The average Bonchev–Trinajstić information content (AvgIpc) is 2.25. The number of nitrogens with two attached hydrogens (primary N) is 5. The van der Waals surface area contributed by atoms with Crippen LogP contribution in [-0.4, -0.2) is 23.5 Å². The summed E-state index contributed by atoms with van der Waals surface area (Å²) in [5.74, 6) is 8.81. The van der Waals surface area contributed by atoms with Gasteiger partial charge in [-0.05, 0) is 6.92 Å². The van der Waals surface area contributed by atoms with Crippen molar-refractivity contribution in [1.29, 1.82) is 0 Å². The first-order chi connectivity index (χ1) is 6.95. The minimum atomic E-state index is -0.796. The highest BCUT2D eigenvalue weighted by atomic mass is 16.5. The molecule has 86 valence electrons. The predicted octanol–water partition coefficient (Wildman–Crippen LogP) is -3.00. The van der Waals surface area contributed by atoms with Crippen LogP contribution in [0.1, 0.15) is 6.92 Å². The number of carbonyl (C=O) groups excluding carboxylic acids is 1. The SMILES string of the molecule is CCOC(=O)/C(N)=C(\N)N(N)/C(N)=N\N. The van der Waals surface area contributed by atoms with E-state index in [0.29, 0.717) is 5.01 Å². The number of nitrogens with zero attached hydrogens (tertiary/aromatic N) is 2. The first-order valence-corrected chi connectivity index (χ1v) is 3.96. The van der Waals surface area contributed by atoms with Crippen LogP contribution >= 0.6 is 0 Å². The van der Waals surface area contributed by atoms with Gasteiger partial charge in [-0.25, -0.2) is 15.6 Å². The summed E-state index contributed by atoms with van der Waals surface area (Å²) < 4.78 is 4.59. The molecule has 0 unspecified atom stereocenters. The molecule has 9 heteroatoms. The van der Waals surface area contributed by atoms with Gasteiger partial charge in [0.15, 0.2) is 11.5 Å². The molecule has 15 heavy (non-hydrogen) atoms. The molecule has 0 aliphatic rings. The molecule has 0 saturated heterocycles. The third-order valence-electron chi connectivity index (χ3n) is 1.41. The monoisotopic (exact) mass is 217 g/mol. The highest BCUT2D eigenvalue weighted by Crippen LogP contribution is 1.97. The van der Waals surface area contributed by atoms with Crippen molar-refractivity contribution in [3.63, 3.8) is 0 Å². The Morgan fingerprint density at radius 1 is 1.40 bits per heavy atom. The number of rotatable bonds is 3. The molecular weight excluding hydrogens is 202 g/mol. The molecule has 0 aromatic heterocycles.